The molecule has 1 aromatic heterocycles. The van der Waals surface area contributed by atoms with Crippen molar-refractivity contribution in [2.75, 3.05) is 5.32 Å². The normalized spacial score (nSPS) is 16.8. The number of halogens is 1. The van der Waals surface area contributed by atoms with Crippen LogP contribution in [0.5, 0.6) is 5.75 Å². The van der Waals surface area contributed by atoms with Crippen molar-refractivity contribution in [1.82, 2.24) is 10.2 Å². The number of hydrogen-bond acceptors (Lipinski definition) is 5. The Morgan fingerprint density at radius 2 is 2.37 bits per heavy atom. The number of fused-ring (bicyclic) bond motifs is 1. The molecule has 0 saturated heterocycles. The highest BCUT2D eigenvalue weighted by atomic mass is 35.5. The summed E-state index contributed by atoms with van der Waals surface area (Å²) in [7, 11) is 0. The number of nitrogens with one attached hydrogen (secondary N) is 1. The number of rotatable bonds is 2. The highest BCUT2D eigenvalue weighted by Gasteiger charge is 2.29. The number of nitrogens with zero attached hydrogens (tertiary/aromatic N) is 2. The maximum Gasteiger partial charge on any atom is 0.267 e. The van der Waals surface area contributed by atoms with E-state index in [-0.39, 0.29) is 5.91 Å². The summed E-state index contributed by atoms with van der Waals surface area (Å²) >= 11 is 7.24. The van der Waals surface area contributed by atoms with Gasteiger partial charge in [-0.15, -0.1) is 10.2 Å². The van der Waals surface area contributed by atoms with E-state index in [0.29, 0.717) is 22.3 Å². The monoisotopic (exact) mass is 295 g/mol. The molecule has 1 aliphatic heterocycles. The summed E-state index contributed by atoms with van der Waals surface area (Å²) in [4.78, 5) is 12.0. The number of aromatic nitrogens is 2. The Morgan fingerprint density at radius 3 is 3.11 bits per heavy atom. The van der Waals surface area contributed by atoms with Gasteiger partial charge in [-0.3, -0.25) is 10.1 Å². The van der Waals surface area contributed by atoms with Gasteiger partial charge in [0.1, 0.15) is 10.8 Å². The van der Waals surface area contributed by atoms with Crippen LogP contribution in [-0.2, 0) is 11.2 Å². The Balaban J connectivity index is 1.70. The van der Waals surface area contributed by atoms with Crippen LogP contribution in [0, 0.1) is 6.92 Å². The van der Waals surface area contributed by atoms with Crippen LogP contribution >= 0.6 is 22.9 Å². The summed E-state index contributed by atoms with van der Waals surface area (Å²) in [6, 6.07) is 5.34. The van der Waals surface area contributed by atoms with Crippen LogP contribution in [0.25, 0.3) is 0 Å². The van der Waals surface area contributed by atoms with Gasteiger partial charge >= 0.3 is 0 Å². The molecule has 7 heteroatoms. The number of aryl methyl sites for hydroxylation is 1. The first-order valence-corrected chi connectivity index (χ1v) is 6.87. The number of amides is 1. The van der Waals surface area contributed by atoms with Crippen molar-refractivity contribution in [3.63, 3.8) is 0 Å². The lowest BCUT2D eigenvalue weighted by molar-refractivity contribution is -0.122. The first kappa shape index (κ1) is 12.4. The van der Waals surface area contributed by atoms with E-state index in [4.69, 9.17) is 16.3 Å². The van der Waals surface area contributed by atoms with Gasteiger partial charge in [-0.05, 0) is 30.7 Å². The molecular weight excluding hydrogens is 286 g/mol. The summed E-state index contributed by atoms with van der Waals surface area (Å²) in [6.45, 7) is 1.83. The molecular formula is C12H10ClN3O2S. The third-order valence-electron chi connectivity index (χ3n) is 2.75. The largest absolute Gasteiger partial charge is 0.480 e. The predicted molar refractivity (Wildman–Crippen MR) is 72.8 cm³/mol. The molecule has 3 rings (SSSR count). The van der Waals surface area contributed by atoms with Crippen molar-refractivity contribution in [2.45, 2.75) is 19.4 Å². The molecule has 2 aromatic rings. The zero-order chi connectivity index (χ0) is 13.4. The first-order valence-electron chi connectivity index (χ1n) is 5.68. The smallest absolute Gasteiger partial charge is 0.267 e. The van der Waals surface area contributed by atoms with Gasteiger partial charge in [0.15, 0.2) is 6.10 Å². The van der Waals surface area contributed by atoms with Crippen molar-refractivity contribution in [3.8, 4) is 5.75 Å². The third-order valence-corrected chi connectivity index (χ3v) is 3.73. The molecule has 1 amide bonds. The van der Waals surface area contributed by atoms with Crippen molar-refractivity contribution in [2.24, 2.45) is 0 Å². The molecule has 0 aliphatic carbocycles. The number of carbonyl (C=O) groups is 1. The minimum absolute atomic E-state index is 0.219. The van der Waals surface area contributed by atoms with Crippen LogP contribution in [0.4, 0.5) is 5.13 Å². The number of anilines is 1. The molecule has 1 N–H and O–H groups in total. The molecule has 0 radical (unpaired) electrons. The molecule has 1 aliphatic rings. The molecule has 19 heavy (non-hydrogen) atoms. The van der Waals surface area contributed by atoms with Gasteiger partial charge in [0.2, 0.25) is 5.13 Å². The highest BCUT2D eigenvalue weighted by Crippen LogP contribution is 2.31. The molecule has 0 spiro atoms. The fourth-order valence-corrected chi connectivity index (χ4v) is 2.69. The quantitative estimate of drug-likeness (QED) is 0.924. The molecule has 0 saturated carbocycles. The van der Waals surface area contributed by atoms with E-state index in [1.54, 1.807) is 12.1 Å². The van der Waals surface area contributed by atoms with E-state index in [1.165, 1.54) is 11.3 Å². The highest BCUT2D eigenvalue weighted by molar-refractivity contribution is 7.15. The van der Waals surface area contributed by atoms with E-state index >= 15 is 0 Å². The minimum Gasteiger partial charge on any atom is -0.480 e. The van der Waals surface area contributed by atoms with Gasteiger partial charge in [0, 0.05) is 11.4 Å². The zero-order valence-electron chi connectivity index (χ0n) is 10.0. The summed E-state index contributed by atoms with van der Waals surface area (Å²) in [6.07, 6.45) is -0.0304. The summed E-state index contributed by atoms with van der Waals surface area (Å²) in [5, 5.41) is 12.3. The lowest BCUT2D eigenvalue weighted by Gasteiger charge is -2.08. The van der Waals surface area contributed by atoms with Crippen LogP contribution in [0.1, 0.15) is 10.6 Å². The maximum atomic E-state index is 12.0. The molecule has 1 aromatic carbocycles. The average Bonchev–Trinajstić information content (AvgIpc) is 2.95. The Morgan fingerprint density at radius 1 is 1.53 bits per heavy atom. The molecule has 2 heterocycles. The van der Waals surface area contributed by atoms with Crippen LogP contribution in [0.2, 0.25) is 5.02 Å². The fourth-order valence-electron chi connectivity index (χ4n) is 1.90. The molecule has 1 unspecified atom stereocenters. The van der Waals surface area contributed by atoms with Gasteiger partial charge in [0.05, 0.1) is 0 Å². The number of ether oxygens (including phenoxy) is 1. The average molecular weight is 296 g/mol. The van der Waals surface area contributed by atoms with Gasteiger partial charge in [-0.1, -0.05) is 22.9 Å². The number of benzene rings is 1. The third kappa shape index (κ3) is 2.54. The maximum absolute atomic E-state index is 12.0. The Bertz CT molecular complexity index is 644. The second kappa shape index (κ2) is 4.79. The van der Waals surface area contributed by atoms with Crippen molar-refractivity contribution in [3.05, 3.63) is 33.8 Å². The van der Waals surface area contributed by atoms with E-state index in [2.05, 4.69) is 15.5 Å². The topological polar surface area (TPSA) is 64.1 Å². The summed E-state index contributed by atoms with van der Waals surface area (Å²) in [5.41, 5.74) is 0.945. The molecule has 5 nitrogen and oxygen atoms in total. The summed E-state index contributed by atoms with van der Waals surface area (Å²) < 4.78 is 5.59. The minimum atomic E-state index is -0.544. The van der Waals surface area contributed by atoms with E-state index in [0.717, 1.165) is 10.6 Å². The predicted octanol–water partition coefficient (Wildman–Crippen LogP) is 2.44. The van der Waals surface area contributed by atoms with Gasteiger partial charge in [0.25, 0.3) is 5.91 Å². The van der Waals surface area contributed by atoms with Gasteiger partial charge in [-0.25, -0.2) is 0 Å². The van der Waals surface area contributed by atoms with Gasteiger partial charge in [-0.2, -0.15) is 0 Å². The Hall–Kier alpha value is -1.66. The molecule has 98 valence electrons. The fraction of sp³-hybridized carbons (Fsp3) is 0.250. The molecule has 0 fully saturated rings. The SMILES string of the molecule is Cc1nnc(NC(=O)C2Cc3cc(Cl)ccc3O2)s1. The lowest BCUT2D eigenvalue weighted by Crippen LogP contribution is -2.31. The zero-order valence-corrected chi connectivity index (χ0v) is 11.6. The van der Waals surface area contributed by atoms with Crippen molar-refractivity contribution in [1.29, 1.82) is 0 Å². The van der Waals surface area contributed by atoms with Crippen LogP contribution in [-0.4, -0.2) is 22.2 Å². The van der Waals surface area contributed by atoms with E-state index in [9.17, 15) is 4.79 Å². The lowest BCUT2D eigenvalue weighted by atomic mass is 10.1. The van der Waals surface area contributed by atoms with Crippen molar-refractivity contribution < 1.29 is 9.53 Å². The van der Waals surface area contributed by atoms with Gasteiger partial charge < -0.3 is 4.74 Å². The second-order valence-electron chi connectivity index (χ2n) is 4.18. The standard InChI is InChI=1S/C12H10ClN3O2S/c1-6-15-16-12(19-6)14-11(17)10-5-7-4-8(13)2-3-9(7)18-10/h2-4,10H,5H2,1H3,(H,14,16,17). The second-order valence-corrected chi connectivity index (χ2v) is 5.80. The van der Waals surface area contributed by atoms with Crippen LogP contribution in [0.15, 0.2) is 18.2 Å². The molecule has 1 atom stereocenters. The number of hydrogen-bond donors (Lipinski definition) is 1. The van der Waals surface area contributed by atoms with Crippen LogP contribution in [0.3, 0.4) is 0 Å². The first-order chi connectivity index (χ1) is 9.11. The molecule has 0 bridgehead atoms. The van der Waals surface area contributed by atoms with Crippen molar-refractivity contribution >= 4 is 34.0 Å². The Labute approximate surface area is 118 Å². The number of carbonyl (C=O) groups excluding carboxylic acids is 1. The summed E-state index contributed by atoms with van der Waals surface area (Å²) in [5.74, 6) is 0.487. The van der Waals surface area contributed by atoms with E-state index in [1.807, 2.05) is 13.0 Å². The Kier molecular flexibility index (Phi) is 3.12. The van der Waals surface area contributed by atoms with Crippen LogP contribution < -0.4 is 10.1 Å². The van der Waals surface area contributed by atoms with E-state index < -0.39 is 6.10 Å².